The van der Waals surface area contributed by atoms with Crippen molar-refractivity contribution in [2.24, 2.45) is 0 Å². The van der Waals surface area contributed by atoms with E-state index in [-0.39, 0.29) is 0 Å². The molecule has 1 atom stereocenters. The van der Waals surface area contributed by atoms with Crippen molar-refractivity contribution >= 4 is 38.3 Å². The van der Waals surface area contributed by atoms with Crippen LogP contribution >= 0.6 is 11.3 Å². The van der Waals surface area contributed by atoms with Gasteiger partial charge in [0.15, 0.2) is 0 Å². The molecule has 4 aromatic rings. The molecular weight excluding hydrogens is 342 g/mol. The molecule has 26 heavy (non-hydrogen) atoms. The molecule has 0 saturated heterocycles. The quantitative estimate of drug-likeness (QED) is 0.462. The topological polar surface area (TPSA) is 50.2 Å². The Morgan fingerprint density at radius 2 is 1.96 bits per heavy atom. The fourth-order valence-electron chi connectivity index (χ4n) is 3.20. The molecule has 0 aliphatic carbocycles. The third-order valence-electron chi connectivity index (χ3n) is 4.92. The van der Waals surface area contributed by atoms with Crippen LogP contribution in [-0.4, -0.2) is 16.1 Å². The molecule has 4 heteroatoms. The summed E-state index contributed by atoms with van der Waals surface area (Å²) in [5, 5.41) is 11.6. The monoisotopic (exact) mass is 361 g/mol. The second-order valence-electron chi connectivity index (χ2n) is 6.59. The van der Waals surface area contributed by atoms with Gasteiger partial charge < -0.3 is 5.11 Å². The van der Waals surface area contributed by atoms with Crippen molar-refractivity contribution in [3.63, 3.8) is 0 Å². The van der Waals surface area contributed by atoms with Gasteiger partial charge in [0.25, 0.3) is 0 Å². The van der Waals surface area contributed by atoms with Crippen molar-refractivity contribution in [1.82, 2.24) is 4.98 Å². The standard InChI is InChI=1S/C22H19NO2S/c1-3-13(2)14-8-9-18-16(10-14)17(22(24)25)12-19(23-18)21-11-15-6-4-5-7-20(15)26-21/h4-13H,3H2,1-2H3,(H,24,25). The molecule has 1 N–H and O–H groups in total. The minimum Gasteiger partial charge on any atom is -0.478 e. The summed E-state index contributed by atoms with van der Waals surface area (Å²) in [5.74, 6) is -0.524. The Morgan fingerprint density at radius 1 is 1.15 bits per heavy atom. The maximum atomic E-state index is 11.9. The predicted octanol–water partition coefficient (Wildman–Crippen LogP) is 6.33. The summed E-state index contributed by atoms with van der Waals surface area (Å²) in [6, 6.07) is 17.9. The normalized spacial score (nSPS) is 12.5. The van der Waals surface area contributed by atoms with Gasteiger partial charge in [0, 0.05) is 10.1 Å². The van der Waals surface area contributed by atoms with Crippen LogP contribution in [0.1, 0.15) is 42.1 Å². The first-order chi connectivity index (χ1) is 12.6. The number of benzene rings is 2. The number of carboxylic acids is 1. The molecule has 0 spiro atoms. The summed E-state index contributed by atoms with van der Waals surface area (Å²) in [4.78, 5) is 17.6. The van der Waals surface area contributed by atoms with E-state index in [1.54, 1.807) is 17.4 Å². The molecule has 0 radical (unpaired) electrons. The number of carbonyl (C=O) groups is 1. The van der Waals surface area contributed by atoms with Crippen LogP contribution in [0.3, 0.4) is 0 Å². The van der Waals surface area contributed by atoms with Gasteiger partial charge in [-0.05, 0) is 53.6 Å². The Morgan fingerprint density at radius 3 is 2.69 bits per heavy atom. The number of aromatic nitrogens is 1. The highest BCUT2D eigenvalue weighted by atomic mass is 32.1. The first kappa shape index (κ1) is 16.7. The van der Waals surface area contributed by atoms with E-state index >= 15 is 0 Å². The zero-order valence-corrected chi connectivity index (χ0v) is 15.5. The van der Waals surface area contributed by atoms with Crippen LogP contribution in [0, 0.1) is 0 Å². The van der Waals surface area contributed by atoms with Crippen LogP contribution in [0.2, 0.25) is 0 Å². The van der Waals surface area contributed by atoms with Gasteiger partial charge >= 0.3 is 5.97 Å². The third-order valence-corrected chi connectivity index (χ3v) is 6.06. The van der Waals surface area contributed by atoms with Crippen LogP contribution in [0.15, 0.2) is 54.6 Å². The lowest BCUT2D eigenvalue weighted by Crippen LogP contribution is -2.01. The van der Waals surface area contributed by atoms with Crippen molar-refractivity contribution in [3.05, 3.63) is 65.7 Å². The number of hydrogen-bond acceptors (Lipinski definition) is 3. The molecule has 4 rings (SSSR count). The smallest absolute Gasteiger partial charge is 0.336 e. The van der Waals surface area contributed by atoms with Crippen LogP contribution in [0.25, 0.3) is 31.6 Å². The van der Waals surface area contributed by atoms with Crippen molar-refractivity contribution in [2.75, 3.05) is 0 Å². The van der Waals surface area contributed by atoms with E-state index in [2.05, 4.69) is 38.1 Å². The molecule has 0 bridgehead atoms. The Kier molecular flexibility index (Phi) is 4.21. The van der Waals surface area contributed by atoms with Crippen molar-refractivity contribution < 1.29 is 9.90 Å². The minimum absolute atomic E-state index is 0.313. The first-order valence-corrected chi connectivity index (χ1v) is 9.55. The average Bonchev–Trinajstić information content (AvgIpc) is 3.10. The maximum absolute atomic E-state index is 11.9. The first-order valence-electron chi connectivity index (χ1n) is 8.73. The molecule has 2 heterocycles. The molecule has 1 unspecified atom stereocenters. The third kappa shape index (κ3) is 2.86. The van der Waals surface area contributed by atoms with Crippen molar-refractivity contribution in [3.8, 4) is 10.6 Å². The zero-order chi connectivity index (χ0) is 18.3. The Balaban J connectivity index is 1.93. The molecule has 0 aliphatic heterocycles. The second kappa shape index (κ2) is 6.54. The Bertz CT molecular complexity index is 1100. The van der Waals surface area contributed by atoms with Gasteiger partial charge in [0.05, 0.1) is 21.7 Å². The lowest BCUT2D eigenvalue weighted by atomic mass is 9.95. The highest BCUT2D eigenvalue weighted by Crippen LogP contribution is 2.35. The van der Waals surface area contributed by atoms with Crippen molar-refractivity contribution in [1.29, 1.82) is 0 Å². The number of pyridine rings is 1. The minimum atomic E-state index is -0.916. The van der Waals surface area contributed by atoms with Gasteiger partial charge in [-0.25, -0.2) is 9.78 Å². The summed E-state index contributed by atoms with van der Waals surface area (Å²) in [5.41, 5.74) is 2.91. The number of aromatic carboxylic acids is 1. The van der Waals surface area contributed by atoms with Crippen LogP contribution in [0.4, 0.5) is 0 Å². The van der Waals surface area contributed by atoms with Crippen LogP contribution in [-0.2, 0) is 0 Å². The number of carboxylic acid groups (broad SMARTS) is 1. The van der Waals surface area contributed by atoms with Crippen LogP contribution < -0.4 is 0 Å². The van der Waals surface area contributed by atoms with E-state index < -0.39 is 5.97 Å². The molecule has 3 nitrogen and oxygen atoms in total. The van der Waals surface area contributed by atoms with Gasteiger partial charge in [-0.3, -0.25) is 0 Å². The number of thiophene rings is 1. The summed E-state index contributed by atoms with van der Waals surface area (Å²) < 4.78 is 1.17. The molecule has 2 aromatic heterocycles. The Labute approximate surface area is 155 Å². The van der Waals surface area contributed by atoms with Gasteiger partial charge in [0.1, 0.15) is 0 Å². The Hall–Kier alpha value is -2.72. The fourth-order valence-corrected chi connectivity index (χ4v) is 4.22. The zero-order valence-electron chi connectivity index (χ0n) is 14.7. The maximum Gasteiger partial charge on any atom is 0.336 e. The summed E-state index contributed by atoms with van der Waals surface area (Å²) in [6.45, 7) is 4.29. The van der Waals surface area contributed by atoms with Gasteiger partial charge in [0.2, 0.25) is 0 Å². The molecule has 130 valence electrons. The summed E-state index contributed by atoms with van der Waals surface area (Å²) in [7, 11) is 0. The van der Waals surface area contributed by atoms with E-state index in [4.69, 9.17) is 4.98 Å². The van der Waals surface area contributed by atoms with Gasteiger partial charge in [-0.1, -0.05) is 38.1 Å². The lowest BCUT2D eigenvalue weighted by Gasteiger charge is -2.12. The van der Waals surface area contributed by atoms with E-state index in [1.807, 2.05) is 24.3 Å². The largest absolute Gasteiger partial charge is 0.478 e. The molecular formula is C22H19NO2S. The molecule has 2 aromatic carbocycles. The summed E-state index contributed by atoms with van der Waals surface area (Å²) in [6.07, 6.45) is 1.02. The van der Waals surface area contributed by atoms with E-state index in [0.29, 0.717) is 22.6 Å². The highest BCUT2D eigenvalue weighted by molar-refractivity contribution is 7.22. The number of rotatable bonds is 4. The molecule has 0 saturated carbocycles. The lowest BCUT2D eigenvalue weighted by molar-refractivity contribution is 0.0699. The summed E-state index contributed by atoms with van der Waals surface area (Å²) >= 11 is 1.64. The second-order valence-corrected chi connectivity index (χ2v) is 7.68. The highest BCUT2D eigenvalue weighted by Gasteiger charge is 2.16. The van der Waals surface area contributed by atoms with E-state index in [1.165, 1.54) is 4.70 Å². The van der Waals surface area contributed by atoms with Crippen molar-refractivity contribution in [2.45, 2.75) is 26.2 Å². The predicted molar refractivity (Wildman–Crippen MR) is 108 cm³/mol. The van der Waals surface area contributed by atoms with Gasteiger partial charge in [-0.2, -0.15) is 0 Å². The molecule has 0 aliphatic rings. The SMILES string of the molecule is CCC(C)c1ccc2nc(-c3cc4ccccc4s3)cc(C(=O)O)c2c1. The number of fused-ring (bicyclic) bond motifs is 2. The fraction of sp³-hybridized carbons (Fsp3) is 0.182. The van der Waals surface area contributed by atoms with Crippen LogP contribution in [0.5, 0.6) is 0 Å². The molecule has 0 fully saturated rings. The van der Waals surface area contributed by atoms with E-state index in [0.717, 1.165) is 27.8 Å². The van der Waals surface area contributed by atoms with Gasteiger partial charge in [-0.15, -0.1) is 11.3 Å². The average molecular weight is 361 g/mol. The number of nitrogens with zero attached hydrogens (tertiary/aromatic N) is 1. The van der Waals surface area contributed by atoms with E-state index in [9.17, 15) is 9.90 Å². The molecule has 0 amide bonds. The number of hydrogen-bond donors (Lipinski definition) is 1.